The molecule has 0 spiro atoms. The van der Waals surface area contributed by atoms with Gasteiger partial charge in [-0.15, -0.1) is 0 Å². The third-order valence-electron chi connectivity index (χ3n) is 4.47. The maximum atomic E-state index is 5.85. The molecule has 0 radical (unpaired) electrons. The monoisotopic (exact) mass is 181 g/mol. The molecule has 0 amide bonds. The molecule has 2 bridgehead atoms. The van der Waals surface area contributed by atoms with Crippen molar-refractivity contribution in [3.05, 3.63) is 0 Å². The van der Waals surface area contributed by atoms with E-state index in [1.165, 1.54) is 25.4 Å². The van der Waals surface area contributed by atoms with E-state index in [1.54, 1.807) is 0 Å². The summed E-state index contributed by atoms with van der Waals surface area (Å²) in [6.07, 6.45) is 5.70. The van der Waals surface area contributed by atoms with Crippen LogP contribution in [0, 0.1) is 23.2 Å². The van der Waals surface area contributed by atoms with Crippen LogP contribution in [0.1, 0.15) is 33.1 Å². The van der Waals surface area contributed by atoms with Crippen LogP contribution in [0.2, 0.25) is 6.14 Å². The third-order valence-corrected chi connectivity index (χ3v) is 4.69. The molecule has 2 aliphatic carbocycles. The van der Waals surface area contributed by atoms with Crippen molar-refractivity contribution in [2.45, 2.75) is 39.2 Å². The Morgan fingerprint density at radius 3 is 2.67 bits per heavy atom. The van der Waals surface area contributed by atoms with Crippen molar-refractivity contribution >= 4 is 19.3 Å². The first-order valence-electron chi connectivity index (χ1n) is 5.22. The number of halogens is 1. The molecule has 0 aliphatic heterocycles. The number of hydrogen-bond donors (Lipinski definition) is 0. The molecule has 2 saturated carbocycles. The van der Waals surface area contributed by atoms with Gasteiger partial charge in [0.15, 0.2) is 0 Å². The molecule has 3 atom stereocenters. The summed E-state index contributed by atoms with van der Waals surface area (Å²) in [5, 5.41) is 0. The summed E-state index contributed by atoms with van der Waals surface area (Å²) in [7, 11) is 0.858. The van der Waals surface area contributed by atoms with Crippen LogP contribution in [0.3, 0.4) is 0 Å². The van der Waals surface area contributed by atoms with Crippen LogP contribution in [-0.4, -0.2) is 8.12 Å². The van der Waals surface area contributed by atoms with Gasteiger partial charge >= 0.3 is 81.7 Å². The Balaban J connectivity index is 2.12. The molecule has 0 saturated heterocycles. The molecule has 0 heterocycles. The molecule has 2 heteroatoms. The van der Waals surface area contributed by atoms with Crippen LogP contribution in [-0.2, 0) is 0 Å². The summed E-state index contributed by atoms with van der Waals surface area (Å²) in [5.74, 6) is 2.95. The molecule has 0 N–H and O–H groups in total. The van der Waals surface area contributed by atoms with Gasteiger partial charge in [-0.25, -0.2) is 0 Å². The van der Waals surface area contributed by atoms with E-state index in [-0.39, 0.29) is 0 Å². The molecule has 2 rings (SSSR count). The number of fused-ring (bicyclic) bond motifs is 2. The normalized spacial score (nSPS) is 43.1. The van der Waals surface area contributed by atoms with Crippen LogP contribution < -0.4 is 0 Å². The quantitative estimate of drug-likeness (QED) is 0.574. The predicted molar refractivity (Wildman–Crippen MR) is 54.5 cm³/mol. The molecule has 12 heavy (non-hydrogen) atoms. The van der Waals surface area contributed by atoms with E-state index in [9.17, 15) is 0 Å². The van der Waals surface area contributed by atoms with Crippen LogP contribution in [0.15, 0.2) is 0 Å². The van der Waals surface area contributed by atoms with Gasteiger partial charge in [0.2, 0.25) is 0 Å². The molecule has 1 unspecified atom stereocenters. The van der Waals surface area contributed by atoms with Gasteiger partial charge in [0.1, 0.15) is 0 Å². The average molecular weight is 182 g/mol. The predicted octanol–water partition coefficient (Wildman–Crippen LogP) is 3.34. The van der Waals surface area contributed by atoms with Crippen LogP contribution >= 0.6 is 11.2 Å². The summed E-state index contributed by atoms with van der Waals surface area (Å²) in [6.45, 7) is 4.90. The maximum absolute atomic E-state index is 5.85. The Morgan fingerprint density at radius 1 is 1.42 bits per heavy atom. The summed E-state index contributed by atoms with van der Waals surface area (Å²) in [4.78, 5) is 0. The van der Waals surface area contributed by atoms with Crippen LogP contribution in [0.25, 0.3) is 0 Å². The van der Waals surface area contributed by atoms with Crippen LogP contribution in [0.4, 0.5) is 0 Å². The van der Waals surface area contributed by atoms with E-state index in [2.05, 4.69) is 13.8 Å². The fourth-order valence-corrected chi connectivity index (χ4v) is 3.93. The van der Waals surface area contributed by atoms with Gasteiger partial charge in [0.25, 0.3) is 0 Å². The summed E-state index contributed by atoms with van der Waals surface area (Å²) in [5.41, 5.74) is 0.595. The van der Waals surface area contributed by atoms with E-state index in [4.69, 9.17) is 11.2 Å². The standard InChI is InChI=1S/C10H17.Be.ClH/c1-7-8-4-5-9(6-8)10(7,2)3;;/h7-9H,1,4-6H2,2-3H3;;1H/q;+1;/p-1/t7-,8?,9-;;/m1../s1. The van der Waals surface area contributed by atoms with Gasteiger partial charge in [-0.05, 0) is 0 Å². The Kier molecular flexibility index (Phi) is 2.25. The third kappa shape index (κ3) is 1.16. The van der Waals surface area contributed by atoms with Crippen molar-refractivity contribution < 1.29 is 0 Å². The molecule has 2 fully saturated rings. The molecule has 0 aromatic rings. The summed E-state index contributed by atoms with van der Waals surface area (Å²) < 4.78 is 0. The second-order valence-electron chi connectivity index (χ2n) is 5.18. The Bertz CT molecular complexity index is 179. The summed E-state index contributed by atoms with van der Waals surface area (Å²) in [6, 6.07) is 0. The minimum absolute atomic E-state index is 0.595. The molecule has 0 aromatic carbocycles. The average Bonchev–Trinajstić information content (AvgIpc) is 2.53. The van der Waals surface area contributed by atoms with E-state index < -0.39 is 0 Å². The van der Waals surface area contributed by atoms with E-state index >= 15 is 0 Å². The number of rotatable bonds is 2. The molecular formula is C10H17BeCl. The fourth-order valence-electron chi connectivity index (χ4n) is 3.69. The molecule has 0 nitrogen and oxygen atoms in total. The second-order valence-corrected chi connectivity index (χ2v) is 5.55. The van der Waals surface area contributed by atoms with Gasteiger partial charge in [-0.2, -0.15) is 0 Å². The Labute approximate surface area is 82.1 Å². The first kappa shape index (κ1) is 9.03. The molecule has 2 aliphatic rings. The van der Waals surface area contributed by atoms with Crippen molar-refractivity contribution in [2.75, 3.05) is 0 Å². The van der Waals surface area contributed by atoms with Crippen molar-refractivity contribution in [1.82, 2.24) is 0 Å². The van der Waals surface area contributed by atoms with Gasteiger partial charge < -0.3 is 0 Å². The molecule has 0 aromatic heterocycles. The fraction of sp³-hybridized carbons (Fsp3) is 1.00. The van der Waals surface area contributed by atoms with E-state index in [0.29, 0.717) is 5.41 Å². The van der Waals surface area contributed by atoms with Crippen molar-refractivity contribution in [3.63, 3.8) is 0 Å². The zero-order valence-corrected chi connectivity index (χ0v) is 8.90. The Hall–Kier alpha value is 0.459. The zero-order valence-electron chi connectivity index (χ0n) is 8.15. The summed E-state index contributed by atoms with van der Waals surface area (Å²) >= 11 is 5.85. The van der Waals surface area contributed by atoms with Gasteiger partial charge in [0, 0.05) is 0 Å². The van der Waals surface area contributed by atoms with Crippen molar-refractivity contribution in [2.24, 2.45) is 23.2 Å². The van der Waals surface area contributed by atoms with E-state index in [1.807, 2.05) is 0 Å². The van der Waals surface area contributed by atoms with Crippen LogP contribution in [0.5, 0.6) is 0 Å². The first-order chi connectivity index (χ1) is 5.66. The van der Waals surface area contributed by atoms with Crippen molar-refractivity contribution in [3.8, 4) is 0 Å². The number of hydrogen-bond acceptors (Lipinski definition) is 0. The first-order valence-corrected chi connectivity index (χ1v) is 5.75. The van der Waals surface area contributed by atoms with E-state index in [0.717, 1.165) is 25.9 Å². The Morgan fingerprint density at radius 2 is 2.17 bits per heavy atom. The van der Waals surface area contributed by atoms with Crippen molar-refractivity contribution in [1.29, 1.82) is 0 Å². The van der Waals surface area contributed by atoms with Gasteiger partial charge in [-0.3, -0.25) is 0 Å². The minimum atomic E-state index is 0.595. The molecule has 66 valence electrons. The zero-order chi connectivity index (χ0) is 8.77. The SMILES string of the molecule is CC1(C)[C@@H]2CCC(C2)[C@H]1[CH2][Be][Cl]. The molecular weight excluding hydrogens is 165 g/mol. The van der Waals surface area contributed by atoms with Gasteiger partial charge in [-0.1, -0.05) is 0 Å². The second kappa shape index (κ2) is 2.99. The topological polar surface area (TPSA) is 0 Å². The van der Waals surface area contributed by atoms with Gasteiger partial charge in [0.05, 0.1) is 0 Å².